The predicted molar refractivity (Wildman–Crippen MR) is 145 cm³/mol. The minimum absolute atomic E-state index is 0.00853. The Kier molecular flexibility index (Phi) is 7.36. The van der Waals surface area contributed by atoms with Gasteiger partial charge >= 0.3 is 0 Å². The van der Waals surface area contributed by atoms with Crippen LogP contribution >= 0.6 is 0 Å². The van der Waals surface area contributed by atoms with Crippen molar-refractivity contribution in [3.05, 3.63) is 88.5 Å². The molecule has 0 bridgehead atoms. The molecule has 38 heavy (non-hydrogen) atoms. The highest BCUT2D eigenvalue weighted by molar-refractivity contribution is 7.90. The second kappa shape index (κ2) is 10.5. The van der Waals surface area contributed by atoms with Gasteiger partial charge in [0, 0.05) is 5.56 Å². The van der Waals surface area contributed by atoms with Crippen molar-refractivity contribution in [2.24, 2.45) is 0 Å². The van der Waals surface area contributed by atoms with Gasteiger partial charge < -0.3 is 15.2 Å². The molecule has 3 N–H and O–H groups in total. The van der Waals surface area contributed by atoms with Crippen LogP contribution in [0, 0.1) is 27.7 Å². The molecule has 0 saturated heterocycles. The second-order valence-corrected chi connectivity index (χ2v) is 10.5. The number of nitrogens with two attached hydrogens (primary N) is 1. The van der Waals surface area contributed by atoms with Gasteiger partial charge in [-0.05, 0) is 74.7 Å². The van der Waals surface area contributed by atoms with E-state index < -0.39 is 15.9 Å². The number of hydrogen-bond acceptors (Lipinski definition) is 8. The standard InChI is InChI=1S/C28H28N4O5S/c1-16-13-18(3)26(19(4)14-16)37-28-21(27(33)32-38(34,35)25-8-6-7-24(29)31-25)11-12-22(30-28)20-10-9-17(2)23(15-20)36-5/h6-15H,1-5H3,(H2,29,31)(H,32,33). The summed E-state index contributed by atoms with van der Waals surface area (Å²) in [7, 11) is -2.72. The van der Waals surface area contributed by atoms with E-state index in [1.165, 1.54) is 24.3 Å². The summed E-state index contributed by atoms with van der Waals surface area (Å²) < 4.78 is 39.4. The summed E-state index contributed by atoms with van der Waals surface area (Å²) >= 11 is 0. The number of rotatable bonds is 7. The highest BCUT2D eigenvalue weighted by atomic mass is 32.2. The molecule has 196 valence electrons. The van der Waals surface area contributed by atoms with Crippen LogP contribution in [0.2, 0.25) is 0 Å². The van der Waals surface area contributed by atoms with E-state index in [0.717, 1.165) is 27.8 Å². The third kappa shape index (κ3) is 5.60. The Hall–Kier alpha value is -4.44. The fraction of sp³-hybridized carbons (Fsp3) is 0.179. The van der Waals surface area contributed by atoms with Gasteiger partial charge in [0.15, 0.2) is 5.03 Å². The molecular weight excluding hydrogens is 504 g/mol. The molecule has 0 unspecified atom stereocenters. The van der Waals surface area contributed by atoms with Gasteiger partial charge in [-0.3, -0.25) is 4.79 Å². The Balaban J connectivity index is 1.79. The number of nitrogens with zero attached hydrogens (tertiary/aromatic N) is 2. The predicted octanol–water partition coefficient (Wildman–Crippen LogP) is 4.88. The van der Waals surface area contributed by atoms with Gasteiger partial charge in [-0.1, -0.05) is 35.9 Å². The van der Waals surface area contributed by atoms with Crippen LogP contribution in [0.5, 0.6) is 17.4 Å². The van der Waals surface area contributed by atoms with Gasteiger partial charge in [0.1, 0.15) is 22.9 Å². The van der Waals surface area contributed by atoms with E-state index in [4.69, 9.17) is 15.2 Å². The van der Waals surface area contributed by atoms with Gasteiger partial charge in [-0.15, -0.1) is 0 Å². The minimum Gasteiger partial charge on any atom is -0.496 e. The number of pyridine rings is 2. The number of amides is 1. The number of hydrogen-bond donors (Lipinski definition) is 2. The van der Waals surface area contributed by atoms with Crippen molar-refractivity contribution in [3.8, 4) is 28.6 Å². The zero-order valence-electron chi connectivity index (χ0n) is 21.7. The maximum atomic E-state index is 13.3. The van der Waals surface area contributed by atoms with E-state index >= 15 is 0 Å². The van der Waals surface area contributed by atoms with E-state index in [9.17, 15) is 13.2 Å². The zero-order chi connectivity index (χ0) is 27.6. The van der Waals surface area contributed by atoms with Crippen LogP contribution in [0.4, 0.5) is 5.82 Å². The Morgan fingerprint density at radius 3 is 2.26 bits per heavy atom. The molecule has 0 radical (unpaired) electrons. The normalized spacial score (nSPS) is 11.2. The lowest BCUT2D eigenvalue weighted by molar-refractivity contribution is 0.0978. The number of nitrogens with one attached hydrogen (secondary N) is 1. The summed E-state index contributed by atoms with van der Waals surface area (Å²) in [4.78, 5) is 21.7. The summed E-state index contributed by atoms with van der Waals surface area (Å²) in [6, 6.07) is 16.7. The molecular formula is C28H28N4O5S. The van der Waals surface area contributed by atoms with E-state index in [1.807, 2.05) is 62.7 Å². The number of benzene rings is 2. The Morgan fingerprint density at radius 2 is 1.61 bits per heavy atom. The molecule has 0 spiro atoms. The molecule has 4 aromatic rings. The van der Waals surface area contributed by atoms with Gasteiger partial charge in [-0.25, -0.2) is 14.7 Å². The van der Waals surface area contributed by atoms with Crippen molar-refractivity contribution in [2.45, 2.75) is 32.7 Å². The number of anilines is 1. The van der Waals surface area contributed by atoms with E-state index in [0.29, 0.717) is 17.2 Å². The number of ether oxygens (including phenoxy) is 2. The van der Waals surface area contributed by atoms with Gasteiger partial charge in [0.05, 0.1) is 12.8 Å². The van der Waals surface area contributed by atoms with Crippen LogP contribution in [0.3, 0.4) is 0 Å². The van der Waals surface area contributed by atoms with Gasteiger partial charge in [0.25, 0.3) is 15.9 Å². The smallest absolute Gasteiger partial charge is 0.281 e. The van der Waals surface area contributed by atoms with Crippen molar-refractivity contribution < 1.29 is 22.7 Å². The molecule has 1 amide bonds. The fourth-order valence-corrected chi connectivity index (χ4v) is 5.01. The summed E-state index contributed by atoms with van der Waals surface area (Å²) in [6.07, 6.45) is 0. The first-order valence-corrected chi connectivity index (χ1v) is 13.2. The summed E-state index contributed by atoms with van der Waals surface area (Å²) in [6.45, 7) is 7.68. The molecule has 0 aliphatic carbocycles. The maximum Gasteiger partial charge on any atom is 0.281 e. The molecule has 9 nitrogen and oxygen atoms in total. The molecule has 0 atom stereocenters. The van der Waals surface area contributed by atoms with Crippen LogP contribution in [0.1, 0.15) is 32.6 Å². The average molecular weight is 533 g/mol. The lowest BCUT2D eigenvalue weighted by atomic mass is 10.1. The van der Waals surface area contributed by atoms with Crippen molar-refractivity contribution >= 4 is 21.7 Å². The first kappa shape index (κ1) is 26.6. The maximum absolute atomic E-state index is 13.3. The Labute approximate surface area is 221 Å². The van der Waals surface area contributed by atoms with Crippen molar-refractivity contribution in [1.29, 1.82) is 0 Å². The first-order chi connectivity index (χ1) is 18.0. The first-order valence-electron chi connectivity index (χ1n) is 11.7. The van der Waals surface area contributed by atoms with Crippen molar-refractivity contribution in [2.75, 3.05) is 12.8 Å². The monoisotopic (exact) mass is 532 g/mol. The number of methoxy groups -OCH3 is 1. The summed E-state index contributed by atoms with van der Waals surface area (Å²) in [5.74, 6) is 0.238. The van der Waals surface area contributed by atoms with E-state index in [2.05, 4.69) is 9.97 Å². The highest BCUT2D eigenvalue weighted by Crippen LogP contribution is 2.33. The molecule has 2 heterocycles. The molecule has 0 saturated carbocycles. The van der Waals surface area contributed by atoms with Gasteiger partial charge in [0.2, 0.25) is 5.88 Å². The summed E-state index contributed by atoms with van der Waals surface area (Å²) in [5, 5.41) is -0.380. The molecule has 10 heteroatoms. The average Bonchev–Trinajstić information content (AvgIpc) is 2.86. The van der Waals surface area contributed by atoms with Crippen molar-refractivity contribution in [3.63, 3.8) is 0 Å². The third-order valence-electron chi connectivity index (χ3n) is 5.86. The number of aryl methyl sites for hydroxylation is 4. The second-order valence-electron chi connectivity index (χ2n) is 8.90. The quantitative estimate of drug-likeness (QED) is 0.344. The van der Waals surface area contributed by atoms with Crippen LogP contribution in [-0.2, 0) is 10.0 Å². The molecule has 0 fully saturated rings. The van der Waals surface area contributed by atoms with Crippen LogP contribution < -0.4 is 19.9 Å². The number of aromatic nitrogens is 2. The number of carbonyl (C=O) groups is 1. The lowest BCUT2D eigenvalue weighted by Gasteiger charge is -2.16. The molecule has 0 aliphatic rings. The van der Waals surface area contributed by atoms with E-state index in [1.54, 1.807) is 13.2 Å². The summed E-state index contributed by atoms with van der Waals surface area (Å²) in [5.41, 5.74) is 10.5. The number of sulfonamides is 1. The van der Waals surface area contributed by atoms with Crippen LogP contribution in [-0.4, -0.2) is 31.4 Å². The molecule has 2 aromatic heterocycles. The number of nitrogen functional groups attached to an aromatic ring is 1. The molecule has 2 aromatic carbocycles. The Bertz CT molecular complexity index is 1630. The van der Waals surface area contributed by atoms with E-state index in [-0.39, 0.29) is 22.3 Å². The lowest BCUT2D eigenvalue weighted by Crippen LogP contribution is -2.31. The fourth-order valence-electron chi connectivity index (χ4n) is 4.07. The largest absolute Gasteiger partial charge is 0.496 e. The Morgan fingerprint density at radius 1 is 0.895 bits per heavy atom. The number of carbonyl (C=O) groups excluding carboxylic acids is 1. The van der Waals surface area contributed by atoms with Gasteiger partial charge in [-0.2, -0.15) is 8.42 Å². The van der Waals surface area contributed by atoms with Crippen LogP contribution in [0.15, 0.2) is 65.7 Å². The van der Waals surface area contributed by atoms with Crippen LogP contribution in [0.25, 0.3) is 11.3 Å². The molecule has 0 aliphatic heterocycles. The SMILES string of the molecule is COc1cc(-c2ccc(C(=O)NS(=O)(=O)c3cccc(N)n3)c(Oc3c(C)cc(C)cc3C)n2)ccc1C. The topological polar surface area (TPSA) is 134 Å². The van der Waals surface area contributed by atoms with Crippen molar-refractivity contribution in [1.82, 2.24) is 14.7 Å². The third-order valence-corrected chi connectivity index (χ3v) is 7.09. The minimum atomic E-state index is -4.31. The molecule has 4 rings (SSSR count). The zero-order valence-corrected chi connectivity index (χ0v) is 22.5. The highest BCUT2D eigenvalue weighted by Gasteiger charge is 2.25.